The van der Waals surface area contributed by atoms with E-state index in [1.54, 1.807) is 0 Å². The van der Waals surface area contributed by atoms with Crippen LogP contribution in [0, 0.1) is 5.41 Å². The zero-order valence-electron chi connectivity index (χ0n) is 18.3. The molecular weight excluding hydrogens is 521 g/mol. The van der Waals surface area contributed by atoms with Crippen molar-refractivity contribution in [1.29, 1.82) is 0 Å². The number of carbonyl (C=O) groups is 1. The smallest absolute Gasteiger partial charge is 0.257 e. The molecule has 0 N–H and O–H groups in total. The van der Waals surface area contributed by atoms with E-state index in [1.807, 2.05) is 71.6 Å². The summed E-state index contributed by atoms with van der Waals surface area (Å²) >= 11 is 15.9. The molecule has 1 atom stereocenters. The lowest BCUT2D eigenvalue weighted by atomic mass is 9.92. The molecule has 3 nitrogen and oxygen atoms in total. The summed E-state index contributed by atoms with van der Waals surface area (Å²) in [5.41, 5.74) is 2.53. The standard InChI is InChI=1S/C27H24BrCl2NO2/c1-2-26(13-14-26)17-33-27(19-5-10-22(30)11-6-19)24-12-7-20(28)15-23(24)25(32)31(27)16-18-3-8-21(29)9-4-18/h3-12,15H,2,13-14,16-17H2,1H3. The predicted molar refractivity (Wildman–Crippen MR) is 136 cm³/mol. The number of fused-ring (bicyclic) bond motifs is 1. The van der Waals surface area contributed by atoms with Crippen molar-refractivity contribution in [3.8, 4) is 0 Å². The molecule has 1 fully saturated rings. The van der Waals surface area contributed by atoms with E-state index in [9.17, 15) is 4.79 Å². The van der Waals surface area contributed by atoms with Crippen LogP contribution < -0.4 is 0 Å². The fourth-order valence-corrected chi connectivity index (χ4v) is 5.25. The van der Waals surface area contributed by atoms with Gasteiger partial charge >= 0.3 is 0 Å². The molecule has 0 spiro atoms. The average Bonchev–Trinajstić information content (AvgIpc) is 3.57. The highest BCUT2D eigenvalue weighted by Crippen LogP contribution is 2.53. The quantitative estimate of drug-likeness (QED) is 0.303. The third-order valence-electron chi connectivity index (χ3n) is 6.99. The molecule has 33 heavy (non-hydrogen) atoms. The van der Waals surface area contributed by atoms with Gasteiger partial charge in [-0.2, -0.15) is 0 Å². The maximum absolute atomic E-state index is 13.9. The van der Waals surface area contributed by atoms with Crippen molar-refractivity contribution < 1.29 is 9.53 Å². The first-order chi connectivity index (χ1) is 15.9. The van der Waals surface area contributed by atoms with Gasteiger partial charge in [0.05, 0.1) is 6.61 Å². The van der Waals surface area contributed by atoms with E-state index >= 15 is 0 Å². The molecule has 1 aliphatic carbocycles. The summed E-state index contributed by atoms with van der Waals surface area (Å²) in [6.45, 7) is 3.19. The van der Waals surface area contributed by atoms with Gasteiger partial charge in [0.2, 0.25) is 0 Å². The van der Waals surface area contributed by atoms with E-state index in [0.29, 0.717) is 28.8 Å². The number of hydrogen-bond acceptors (Lipinski definition) is 2. The Hall–Kier alpha value is -1.85. The molecule has 1 unspecified atom stereocenters. The first-order valence-corrected chi connectivity index (χ1v) is 12.7. The molecule has 1 heterocycles. The number of nitrogens with zero attached hydrogens (tertiary/aromatic N) is 1. The Morgan fingerprint density at radius 2 is 1.61 bits per heavy atom. The minimum absolute atomic E-state index is 0.0578. The maximum atomic E-state index is 13.9. The zero-order chi connectivity index (χ0) is 23.2. The minimum atomic E-state index is -1.04. The number of amides is 1. The van der Waals surface area contributed by atoms with Crippen LogP contribution in [-0.4, -0.2) is 17.4 Å². The Morgan fingerprint density at radius 1 is 0.970 bits per heavy atom. The molecule has 0 radical (unpaired) electrons. The van der Waals surface area contributed by atoms with Gasteiger partial charge in [-0.1, -0.05) is 76.4 Å². The zero-order valence-corrected chi connectivity index (χ0v) is 21.4. The van der Waals surface area contributed by atoms with Gasteiger partial charge in [-0.05, 0) is 66.6 Å². The summed E-state index contributed by atoms with van der Waals surface area (Å²) in [5.74, 6) is -0.0578. The molecule has 0 bridgehead atoms. The van der Waals surface area contributed by atoms with E-state index in [1.165, 1.54) is 0 Å². The van der Waals surface area contributed by atoms with Crippen LogP contribution in [0.15, 0.2) is 71.2 Å². The van der Waals surface area contributed by atoms with E-state index in [-0.39, 0.29) is 11.3 Å². The highest BCUT2D eigenvalue weighted by molar-refractivity contribution is 9.10. The summed E-state index contributed by atoms with van der Waals surface area (Å²) < 4.78 is 7.76. The van der Waals surface area contributed by atoms with Gasteiger partial charge in [0.25, 0.3) is 5.91 Å². The summed E-state index contributed by atoms with van der Waals surface area (Å²) in [5, 5.41) is 1.31. The Labute approximate surface area is 212 Å². The molecule has 0 aromatic heterocycles. The van der Waals surface area contributed by atoms with Crippen LogP contribution in [0.5, 0.6) is 0 Å². The van der Waals surface area contributed by atoms with Crippen LogP contribution in [0.2, 0.25) is 10.0 Å². The van der Waals surface area contributed by atoms with Gasteiger partial charge in [-0.25, -0.2) is 0 Å². The fourth-order valence-electron chi connectivity index (χ4n) is 4.64. The molecule has 0 saturated heterocycles. The molecular formula is C27H24BrCl2NO2. The highest BCUT2D eigenvalue weighted by atomic mass is 79.9. The SMILES string of the molecule is CCC1(COC2(c3ccc(Cl)cc3)c3ccc(Br)cc3C(=O)N2Cc2ccc(Cl)cc2)CC1. The number of halogens is 3. The normalized spacial score (nSPS) is 20.7. The van der Waals surface area contributed by atoms with Gasteiger partial charge in [0, 0.05) is 37.8 Å². The van der Waals surface area contributed by atoms with Crippen LogP contribution >= 0.6 is 39.1 Å². The first kappa shape index (κ1) is 22.9. The van der Waals surface area contributed by atoms with Gasteiger partial charge in [-0.3, -0.25) is 9.69 Å². The molecule has 5 rings (SSSR count). The third kappa shape index (κ3) is 4.12. The minimum Gasteiger partial charge on any atom is -0.346 e. The highest BCUT2D eigenvalue weighted by Gasteiger charge is 2.54. The predicted octanol–water partition coefficient (Wildman–Crippen LogP) is 7.82. The number of carbonyl (C=O) groups excluding carboxylic acids is 1. The maximum Gasteiger partial charge on any atom is 0.257 e. The largest absolute Gasteiger partial charge is 0.346 e. The summed E-state index contributed by atoms with van der Waals surface area (Å²) in [6, 6.07) is 21.1. The van der Waals surface area contributed by atoms with Crippen molar-refractivity contribution in [3.63, 3.8) is 0 Å². The number of rotatable bonds is 7. The number of benzene rings is 3. The molecule has 3 aromatic carbocycles. The Bertz CT molecular complexity index is 1190. The fraction of sp³-hybridized carbons (Fsp3) is 0.296. The van der Waals surface area contributed by atoms with Crippen LogP contribution in [0.4, 0.5) is 0 Å². The monoisotopic (exact) mass is 543 g/mol. The molecule has 170 valence electrons. The Morgan fingerprint density at radius 3 is 2.21 bits per heavy atom. The molecule has 6 heteroatoms. The molecule has 1 aliphatic heterocycles. The van der Waals surface area contributed by atoms with Crippen molar-refractivity contribution in [2.75, 3.05) is 6.61 Å². The summed E-state index contributed by atoms with van der Waals surface area (Å²) in [7, 11) is 0. The molecule has 1 amide bonds. The van der Waals surface area contributed by atoms with E-state index < -0.39 is 5.72 Å². The second-order valence-corrected chi connectivity index (χ2v) is 10.8. The second-order valence-electron chi connectivity index (χ2n) is 9.00. The van der Waals surface area contributed by atoms with E-state index in [4.69, 9.17) is 27.9 Å². The van der Waals surface area contributed by atoms with Gasteiger partial charge in [0.15, 0.2) is 5.72 Å². The van der Waals surface area contributed by atoms with Crippen molar-refractivity contribution >= 4 is 45.0 Å². The molecule has 2 aliphatic rings. The van der Waals surface area contributed by atoms with E-state index in [2.05, 4.69) is 22.9 Å². The Kier molecular flexibility index (Phi) is 6.07. The van der Waals surface area contributed by atoms with Crippen LogP contribution in [-0.2, 0) is 17.0 Å². The topological polar surface area (TPSA) is 29.5 Å². The van der Waals surface area contributed by atoms with Crippen molar-refractivity contribution in [3.05, 3.63) is 104 Å². The van der Waals surface area contributed by atoms with Crippen LogP contribution in [0.3, 0.4) is 0 Å². The number of hydrogen-bond donors (Lipinski definition) is 0. The third-order valence-corrected chi connectivity index (χ3v) is 7.98. The number of ether oxygens (including phenoxy) is 1. The lowest BCUT2D eigenvalue weighted by Crippen LogP contribution is -2.47. The van der Waals surface area contributed by atoms with Gasteiger partial charge in [-0.15, -0.1) is 0 Å². The Balaban J connectivity index is 1.67. The van der Waals surface area contributed by atoms with Crippen molar-refractivity contribution in [2.45, 2.75) is 38.5 Å². The van der Waals surface area contributed by atoms with Crippen molar-refractivity contribution in [2.24, 2.45) is 5.41 Å². The lowest BCUT2D eigenvalue weighted by molar-refractivity contribution is -0.125. The van der Waals surface area contributed by atoms with Crippen LogP contribution in [0.1, 0.15) is 53.2 Å². The summed E-state index contributed by atoms with van der Waals surface area (Å²) in [4.78, 5) is 15.7. The molecule has 3 aromatic rings. The second kappa shape index (κ2) is 8.74. The van der Waals surface area contributed by atoms with Gasteiger partial charge in [0.1, 0.15) is 0 Å². The van der Waals surface area contributed by atoms with Crippen LogP contribution in [0.25, 0.3) is 0 Å². The average molecular weight is 545 g/mol. The van der Waals surface area contributed by atoms with E-state index in [0.717, 1.165) is 40.4 Å². The lowest BCUT2D eigenvalue weighted by Gasteiger charge is -2.40. The molecule has 1 saturated carbocycles. The van der Waals surface area contributed by atoms with Gasteiger partial charge < -0.3 is 4.74 Å². The summed E-state index contributed by atoms with van der Waals surface area (Å²) in [6.07, 6.45) is 3.36. The van der Waals surface area contributed by atoms with Crippen molar-refractivity contribution in [1.82, 2.24) is 4.90 Å². The first-order valence-electron chi connectivity index (χ1n) is 11.1.